The van der Waals surface area contributed by atoms with Crippen molar-refractivity contribution in [2.75, 3.05) is 33.4 Å². The number of ether oxygens (including phenoxy) is 2. The van der Waals surface area contributed by atoms with Gasteiger partial charge in [-0.3, -0.25) is 9.88 Å². The van der Waals surface area contributed by atoms with Gasteiger partial charge in [0.2, 0.25) is 0 Å². The average molecular weight is 524 g/mol. The SMILES string of the molecule is COc1cc(-c2nc(-c3ccc4c(c3)CCC4=NO)c(-c3ccncc3)[nH]2)ccc1OCCN1CCCCC1. The van der Waals surface area contributed by atoms with Crippen molar-refractivity contribution in [3.8, 4) is 45.4 Å². The number of pyridine rings is 1. The molecule has 2 aromatic heterocycles. The van der Waals surface area contributed by atoms with E-state index in [0.29, 0.717) is 12.4 Å². The highest BCUT2D eigenvalue weighted by Gasteiger charge is 2.22. The van der Waals surface area contributed by atoms with Gasteiger partial charge in [-0.25, -0.2) is 4.98 Å². The van der Waals surface area contributed by atoms with Gasteiger partial charge in [0.05, 0.1) is 24.2 Å². The van der Waals surface area contributed by atoms with Crippen LogP contribution in [0.3, 0.4) is 0 Å². The number of likely N-dealkylation sites (tertiary alicyclic amines) is 1. The summed E-state index contributed by atoms with van der Waals surface area (Å²) in [5.41, 5.74) is 7.60. The Morgan fingerprint density at radius 2 is 1.74 bits per heavy atom. The third-order valence-electron chi connectivity index (χ3n) is 7.67. The highest BCUT2D eigenvalue weighted by molar-refractivity contribution is 6.04. The Morgan fingerprint density at radius 3 is 2.54 bits per heavy atom. The van der Waals surface area contributed by atoms with Crippen molar-refractivity contribution in [1.29, 1.82) is 0 Å². The number of hydrogen-bond donors (Lipinski definition) is 2. The second-order valence-electron chi connectivity index (χ2n) is 10.1. The molecule has 1 aliphatic heterocycles. The van der Waals surface area contributed by atoms with Crippen LogP contribution in [-0.4, -0.2) is 64.1 Å². The van der Waals surface area contributed by atoms with E-state index in [-0.39, 0.29) is 0 Å². The van der Waals surface area contributed by atoms with E-state index in [1.54, 1.807) is 19.5 Å². The summed E-state index contributed by atoms with van der Waals surface area (Å²) in [6, 6.07) is 16.1. The number of benzene rings is 2. The lowest BCUT2D eigenvalue weighted by molar-refractivity contribution is 0.180. The number of fused-ring (bicyclic) bond motifs is 1. The lowest BCUT2D eigenvalue weighted by Crippen LogP contribution is -2.33. The van der Waals surface area contributed by atoms with Gasteiger partial charge in [-0.1, -0.05) is 23.7 Å². The number of aryl methyl sites for hydroxylation is 1. The van der Waals surface area contributed by atoms with Crippen LogP contribution in [0.15, 0.2) is 66.1 Å². The molecule has 3 heterocycles. The summed E-state index contributed by atoms with van der Waals surface area (Å²) in [4.78, 5) is 15.3. The van der Waals surface area contributed by atoms with Crippen molar-refractivity contribution >= 4 is 5.71 Å². The van der Waals surface area contributed by atoms with Crippen LogP contribution < -0.4 is 9.47 Å². The van der Waals surface area contributed by atoms with Gasteiger partial charge in [0.15, 0.2) is 11.5 Å². The predicted molar refractivity (Wildman–Crippen MR) is 152 cm³/mol. The van der Waals surface area contributed by atoms with Gasteiger partial charge < -0.3 is 19.7 Å². The molecule has 1 aliphatic carbocycles. The van der Waals surface area contributed by atoms with E-state index >= 15 is 0 Å². The molecule has 0 spiro atoms. The molecule has 8 nitrogen and oxygen atoms in total. The average Bonchev–Trinajstić information content (AvgIpc) is 3.63. The van der Waals surface area contributed by atoms with Gasteiger partial charge in [-0.05, 0) is 80.7 Å². The van der Waals surface area contributed by atoms with Crippen LogP contribution in [-0.2, 0) is 6.42 Å². The highest BCUT2D eigenvalue weighted by atomic mass is 16.5. The Balaban J connectivity index is 1.31. The number of aromatic nitrogens is 3. The molecule has 6 rings (SSSR count). The zero-order valence-corrected chi connectivity index (χ0v) is 22.2. The van der Waals surface area contributed by atoms with Gasteiger partial charge in [0.25, 0.3) is 0 Å². The first kappa shape index (κ1) is 25.1. The molecule has 2 aromatic carbocycles. The number of hydrogen-bond acceptors (Lipinski definition) is 7. The van der Waals surface area contributed by atoms with Crippen LogP contribution >= 0.6 is 0 Å². The second-order valence-corrected chi connectivity index (χ2v) is 10.1. The Hall–Kier alpha value is -4.17. The number of methoxy groups -OCH3 is 1. The Morgan fingerprint density at radius 1 is 0.923 bits per heavy atom. The number of nitrogens with zero attached hydrogens (tertiary/aromatic N) is 4. The summed E-state index contributed by atoms with van der Waals surface area (Å²) in [6.45, 7) is 3.86. The summed E-state index contributed by atoms with van der Waals surface area (Å²) in [6.07, 6.45) is 9.03. The highest BCUT2D eigenvalue weighted by Crippen LogP contribution is 2.37. The third-order valence-corrected chi connectivity index (χ3v) is 7.67. The van der Waals surface area contributed by atoms with Crippen molar-refractivity contribution in [3.05, 3.63) is 72.1 Å². The molecule has 0 atom stereocenters. The maximum atomic E-state index is 9.33. The minimum Gasteiger partial charge on any atom is -0.493 e. The monoisotopic (exact) mass is 523 g/mol. The van der Waals surface area contributed by atoms with E-state index in [4.69, 9.17) is 14.5 Å². The maximum absolute atomic E-state index is 9.33. The topological polar surface area (TPSA) is 95.9 Å². The van der Waals surface area contributed by atoms with E-state index in [0.717, 1.165) is 83.4 Å². The molecule has 2 aliphatic rings. The molecule has 1 saturated heterocycles. The third kappa shape index (κ3) is 5.25. The number of imidazole rings is 1. The Labute approximate surface area is 228 Å². The molecular formula is C31H33N5O3. The standard InChI is InChI=1S/C31H33N5O3/c1-38-28-20-24(7-10-27(28)39-18-17-36-15-3-2-4-16-36)31-33-29(21-11-13-32-14-12-21)30(34-31)23-5-8-25-22(19-23)6-9-26(25)35-37/h5,7-8,10-14,19-20,37H,2-4,6,9,15-18H2,1H3,(H,33,34). The largest absolute Gasteiger partial charge is 0.493 e. The quantitative estimate of drug-likeness (QED) is 0.224. The number of H-pyrrole nitrogens is 1. The van der Waals surface area contributed by atoms with Crippen molar-refractivity contribution < 1.29 is 14.7 Å². The van der Waals surface area contributed by atoms with E-state index < -0.39 is 0 Å². The van der Waals surface area contributed by atoms with Crippen LogP contribution in [0.2, 0.25) is 0 Å². The van der Waals surface area contributed by atoms with Gasteiger partial charge in [-0.2, -0.15) is 0 Å². The van der Waals surface area contributed by atoms with Crippen molar-refractivity contribution in [3.63, 3.8) is 0 Å². The normalized spacial score (nSPS) is 16.4. The lowest BCUT2D eigenvalue weighted by Gasteiger charge is -2.26. The summed E-state index contributed by atoms with van der Waals surface area (Å²) in [5, 5.41) is 12.8. The minimum atomic E-state index is 0.633. The molecule has 0 radical (unpaired) electrons. The fraction of sp³-hybridized carbons (Fsp3) is 0.323. The summed E-state index contributed by atoms with van der Waals surface area (Å²) in [7, 11) is 1.67. The predicted octanol–water partition coefficient (Wildman–Crippen LogP) is 5.80. The summed E-state index contributed by atoms with van der Waals surface area (Å²) >= 11 is 0. The van der Waals surface area contributed by atoms with Crippen molar-refractivity contribution in [2.45, 2.75) is 32.1 Å². The van der Waals surface area contributed by atoms with Crippen molar-refractivity contribution in [2.24, 2.45) is 5.16 Å². The molecule has 4 aromatic rings. The minimum absolute atomic E-state index is 0.633. The summed E-state index contributed by atoms with van der Waals surface area (Å²) in [5.74, 6) is 2.16. The fourth-order valence-electron chi connectivity index (χ4n) is 5.57. The molecule has 8 heteroatoms. The molecule has 0 amide bonds. The fourth-order valence-corrected chi connectivity index (χ4v) is 5.57. The first-order valence-corrected chi connectivity index (χ1v) is 13.6. The molecule has 2 N–H and O–H groups in total. The molecule has 0 unspecified atom stereocenters. The van der Waals surface area contributed by atoms with E-state index in [1.165, 1.54) is 24.8 Å². The number of rotatable bonds is 8. The number of oxime groups is 1. The zero-order chi connectivity index (χ0) is 26.6. The Bertz CT molecular complexity index is 1480. The molecule has 200 valence electrons. The molecule has 0 saturated carbocycles. The van der Waals surface area contributed by atoms with E-state index in [1.807, 2.05) is 42.5 Å². The van der Waals surface area contributed by atoms with Crippen LogP contribution in [0.1, 0.15) is 36.8 Å². The number of aromatic amines is 1. The van der Waals surface area contributed by atoms with Gasteiger partial charge in [-0.15, -0.1) is 0 Å². The van der Waals surface area contributed by atoms with E-state index in [2.05, 4.69) is 26.1 Å². The van der Waals surface area contributed by atoms with Crippen LogP contribution in [0.5, 0.6) is 11.5 Å². The zero-order valence-electron chi connectivity index (χ0n) is 22.2. The van der Waals surface area contributed by atoms with Gasteiger partial charge >= 0.3 is 0 Å². The molecular weight excluding hydrogens is 490 g/mol. The molecule has 1 fully saturated rings. The first-order chi connectivity index (χ1) is 19.2. The molecule has 39 heavy (non-hydrogen) atoms. The van der Waals surface area contributed by atoms with Gasteiger partial charge in [0.1, 0.15) is 12.4 Å². The Kier molecular flexibility index (Phi) is 7.27. The van der Waals surface area contributed by atoms with Gasteiger partial charge in [0, 0.05) is 41.2 Å². The smallest absolute Gasteiger partial charge is 0.161 e. The summed E-state index contributed by atoms with van der Waals surface area (Å²) < 4.78 is 11.8. The number of nitrogens with one attached hydrogen (secondary N) is 1. The second kappa shape index (κ2) is 11.3. The lowest BCUT2D eigenvalue weighted by atomic mass is 10.0. The van der Waals surface area contributed by atoms with Crippen molar-refractivity contribution in [1.82, 2.24) is 19.9 Å². The molecule has 0 bridgehead atoms. The van der Waals surface area contributed by atoms with Crippen LogP contribution in [0, 0.1) is 0 Å². The first-order valence-electron chi connectivity index (χ1n) is 13.6. The maximum Gasteiger partial charge on any atom is 0.161 e. The van der Waals surface area contributed by atoms with E-state index in [9.17, 15) is 5.21 Å². The van der Waals surface area contributed by atoms with Crippen LogP contribution in [0.25, 0.3) is 33.9 Å². The van der Waals surface area contributed by atoms with Crippen LogP contribution in [0.4, 0.5) is 0 Å². The number of piperidine rings is 1.